The molecule has 0 spiro atoms. The highest BCUT2D eigenvalue weighted by molar-refractivity contribution is 5.70. The summed E-state index contributed by atoms with van der Waals surface area (Å²) in [6.45, 7) is 3.14. The van der Waals surface area contributed by atoms with E-state index in [4.69, 9.17) is 4.74 Å². The van der Waals surface area contributed by atoms with E-state index in [0.29, 0.717) is 13.0 Å². The maximum atomic E-state index is 11.4. The Morgan fingerprint density at radius 3 is 2.94 bits per heavy atom. The van der Waals surface area contributed by atoms with Crippen LogP contribution in [0.3, 0.4) is 0 Å². The van der Waals surface area contributed by atoms with Crippen LogP contribution in [0.4, 0.5) is 0 Å². The number of esters is 1. The Balaban J connectivity index is 1.95. The van der Waals surface area contributed by atoms with E-state index < -0.39 is 0 Å². The highest BCUT2D eigenvalue weighted by Crippen LogP contribution is 2.17. The van der Waals surface area contributed by atoms with Gasteiger partial charge in [0.05, 0.1) is 13.0 Å². The van der Waals surface area contributed by atoms with E-state index in [1.807, 2.05) is 19.1 Å². The summed E-state index contributed by atoms with van der Waals surface area (Å²) >= 11 is 0. The minimum Gasteiger partial charge on any atom is -0.466 e. The number of hydrogen-bond acceptors (Lipinski definition) is 3. The van der Waals surface area contributed by atoms with Gasteiger partial charge in [0.1, 0.15) is 0 Å². The van der Waals surface area contributed by atoms with Gasteiger partial charge in [-0.25, -0.2) is 0 Å². The van der Waals surface area contributed by atoms with E-state index in [2.05, 4.69) is 17.4 Å². The zero-order valence-corrected chi connectivity index (χ0v) is 9.53. The molecule has 0 amide bonds. The molecule has 1 aromatic rings. The number of nitrogens with one attached hydrogen (secondary N) is 1. The average molecular weight is 219 g/mol. The van der Waals surface area contributed by atoms with Crippen LogP contribution in [0.5, 0.6) is 0 Å². The predicted octanol–water partition coefficient (Wildman–Crippen LogP) is 1.65. The molecule has 0 aliphatic carbocycles. The Kier molecular flexibility index (Phi) is 3.57. The molecule has 1 atom stereocenters. The Hall–Kier alpha value is -1.35. The molecule has 0 saturated carbocycles. The maximum absolute atomic E-state index is 11.4. The lowest BCUT2D eigenvalue weighted by atomic mass is 9.94. The molecule has 2 rings (SSSR count). The molecule has 1 aromatic carbocycles. The van der Waals surface area contributed by atoms with Crippen LogP contribution in [-0.4, -0.2) is 18.6 Å². The van der Waals surface area contributed by atoms with E-state index >= 15 is 0 Å². The molecule has 0 aromatic heterocycles. The Morgan fingerprint density at radius 2 is 2.19 bits per heavy atom. The van der Waals surface area contributed by atoms with Crippen LogP contribution >= 0.6 is 0 Å². The molecule has 1 aliphatic rings. The smallest absolute Gasteiger partial charge is 0.307 e. The van der Waals surface area contributed by atoms with Crippen molar-refractivity contribution >= 4 is 5.97 Å². The minimum absolute atomic E-state index is 0.112. The highest BCUT2D eigenvalue weighted by atomic mass is 16.5. The molecular weight excluding hydrogens is 202 g/mol. The summed E-state index contributed by atoms with van der Waals surface area (Å²) in [7, 11) is 0. The number of carbonyl (C=O) groups excluding carboxylic acids is 1. The van der Waals surface area contributed by atoms with Gasteiger partial charge < -0.3 is 10.1 Å². The first-order valence-corrected chi connectivity index (χ1v) is 5.75. The molecule has 0 fully saturated rings. The van der Waals surface area contributed by atoms with Crippen LogP contribution in [0.15, 0.2) is 24.3 Å². The zero-order valence-electron chi connectivity index (χ0n) is 9.53. The fraction of sp³-hybridized carbons (Fsp3) is 0.462. The maximum Gasteiger partial charge on any atom is 0.307 e. The van der Waals surface area contributed by atoms with Gasteiger partial charge in [-0.05, 0) is 24.5 Å². The lowest BCUT2D eigenvalue weighted by Gasteiger charge is -2.25. The van der Waals surface area contributed by atoms with Crippen molar-refractivity contribution in [3.8, 4) is 0 Å². The standard InChI is InChI=1S/C13H17NO2/c1-2-16-13(15)8-12-7-10-5-3-4-6-11(10)9-14-12/h3-6,12,14H,2,7-9H2,1H3. The SMILES string of the molecule is CCOC(=O)CC1Cc2ccccc2CN1. The van der Waals surface area contributed by atoms with Crippen LogP contribution in [-0.2, 0) is 22.5 Å². The summed E-state index contributed by atoms with van der Waals surface area (Å²) in [4.78, 5) is 11.4. The molecular formula is C13H17NO2. The third-order valence-corrected chi connectivity index (χ3v) is 2.88. The molecule has 1 unspecified atom stereocenters. The summed E-state index contributed by atoms with van der Waals surface area (Å²) in [6, 6.07) is 8.57. The largest absolute Gasteiger partial charge is 0.466 e. The van der Waals surface area contributed by atoms with Crippen LogP contribution < -0.4 is 5.32 Å². The molecule has 0 saturated heterocycles. The van der Waals surface area contributed by atoms with Crippen molar-refractivity contribution in [2.75, 3.05) is 6.61 Å². The van der Waals surface area contributed by atoms with Crippen LogP contribution in [0, 0.1) is 0 Å². The Morgan fingerprint density at radius 1 is 1.44 bits per heavy atom. The predicted molar refractivity (Wildman–Crippen MR) is 62.0 cm³/mol. The first-order valence-electron chi connectivity index (χ1n) is 5.75. The van der Waals surface area contributed by atoms with Crippen molar-refractivity contribution < 1.29 is 9.53 Å². The Labute approximate surface area is 95.8 Å². The first kappa shape index (κ1) is 11.1. The molecule has 3 nitrogen and oxygen atoms in total. The average Bonchev–Trinajstić information content (AvgIpc) is 2.29. The second kappa shape index (κ2) is 5.12. The number of rotatable bonds is 3. The normalized spacial score (nSPS) is 18.9. The van der Waals surface area contributed by atoms with Gasteiger partial charge in [0, 0.05) is 12.6 Å². The van der Waals surface area contributed by atoms with Crippen molar-refractivity contribution in [1.29, 1.82) is 0 Å². The number of ether oxygens (including phenoxy) is 1. The van der Waals surface area contributed by atoms with E-state index in [-0.39, 0.29) is 12.0 Å². The second-order valence-corrected chi connectivity index (χ2v) is 4.06. The fourth-order valence-corrected chi connectivity index (χ4v) is 2.09. The van der Waals surface area contributed by atoms with Crippen molar-refractivity contribution in [2.45, 2.75) is 32.4 Å². The quantitative estimate of drug-likeness (QED) is 0.786. The summed E-state index contributed by atoms with van der Waals surface area (Å²) in [5.74, 6) is -0.112. The topological polar surface area (TPSA) is 38.3 Å². The molecule has 16 heavy (non-hydrogen) atoms. The van der Waals surface area contributed by atoms with Crippen LogP contribution in [0.2, 0.25) is 0 Å². The van der Waals surface area contributed by atoms with Crippen molar-refractivity contribution in [2.24, 2.45) is 0 Å². The zero-order chi connectivity index (χ0) is 11.4. The monoisotopic (exact) mass is 219 g/mol. The van der Waals surface area contributed by atoms with Gasteiger partial charge in [-0.2, -0.15) is 0 Å². The minimum atomic E-state index is -0.112. The molecule has 0 radical (unpaired) electrons. The van der Waals surface area contributed by atoms with Gasteiger partial charge >= 0.3 is 5.97 Å². The summed E-state index contributed by atoms with van der Waals surface area (Å²) < 4.78 is 4.95. The molecule has 0 bridgehead atoms. The van der Waals surface area contributed by atoms with Crippen LogP contribution in [0.1, 0.15) is 24.5 Å². The van der Waals surface area contributed by atoms with Crippen molar-refractivity contribution in [3.05, 3.63) is 35.4 Å². The molecule has 1 N–H and O–H groups in total. The van der Waals surface area contributed by atoms with Gasteiger partial charge in [-0.3, -0.25) is 4.79 Å². The molecule has 86 valence electrons. The van der Waals surface area contributed by atoms with Gasteiger partial charge in [0.25, 0.3) is 0 Å². The summed E-state index contributed by atoms with van der Waals surface area (Å²) in [6.07, 6.45) is 1.37. The molecule has 1 aliphatic heterocycles. The number of carbonyl (C=O) groups is 1. The number of benzene rings is 1. The van der Waals surface area contributed by atoms with Crippen molar-refractivity contribution in [1.82, 2.24) is 5.32 Å². The van der Waals surface area contributed by atoms with Gasteiger partial charge in [0.2, 0.25) is 0 Å². The highest BCUT2D eigenvalue weighted by Gasteiger charge is 2.20. The summed E-state index contributed by atoms with van der Waals surface area (Å²) in [5.41, 5.74) is 2.68. The number of fused-ring (bicyclic) bond motifs is 1. The second-order valence-electron chi connectivity index (χ2n) is 4.06. The van der Waals surface area contributed by atoms with Gasteiger partial charge in [-0.1, -0.05) is 24.3 Å². The molecule has 3 heteroatoms. The van der Waals surface area contributed by atoms with E-state index in [1.54, 1.807) is 0 Å². The van der Waals surface area contributed by atoms with Gasteiger partial charge in [0.15, 0.2) is 0 Å². The lowest BCUT2D eigenvalue weighted by molar-refractivity contribution is -0.143. The number of hydrogen-bond donors (Lipinski definition) is 1. The third-order valence-electron chi connectivity index (χ3n) is 2.88. The lowest BCUT2D eigenvalue weighted by Crippen LogP contribution is -2.37. The van der Waals surface area contributed by atoms with Crippen LogP contribution in [0.25, 0.3) is 0 Å². The molecule has 1 heterocycles. The van der Waals surface area contributed by atoms with E-state index in [1.165, 1.54) is 11.1 Å². The summed E-state index contributed by atoms with van der Waals surface area (Å²) in [5, 5.41) is 3.36. The Bertz CT molecular complexity index is 376. The van der Waals surface area contributed by atoms with Gasteiger partial charge in [-0.15, -0.1) is 0 Å². The van der Waals surface area contributed by atoms with Crippen molar-refractivity contribution in [3.63, 3.8) is 0 Å². The van der Waals surface area contributed by atoms with E-state index in [9.17, 15) is 4.79 Å². The van der Waals surface area contributed by atoms with E-state index in [0.717, 1.165) is 13.0 Å². The first-order chi connectivity index (χ1) is 7.79. The third kappa shape index (κ3) is 2.61. The fourth-order valence-electron chi connectivity index (χ4n) is 2.09.